The average Bonchev–Trinajstić information content (AvgIpc) is 3.14. The van der Waals surface area contributed by atoms with Gasteiger partial charge in [-0.15, -0.1) is 24.8 Å². The van der Waals surface area contributed by atoms with E-state index in [2.05, 4.69) is 49.8 Å². The molecule has 1 unspecified atom stereocenters. The topological polar surface area (TPSA) is 73.1 Å². The number of aryl methyl sites for hydroxylation is 1. The van der Waals surface area contributed by atoms with Gasteiger partial charge < -0.3 is 20.5 Å². The van der Waals surface area contributed by atoms with E-state index < -0.39 is 0 Å². The molecule has 0 spiro atoms. The summed E-state index contributed by atoms with van der Waals surface area (Å²) in [6, 6.07) is 8.32. The van der Waals surface area contributed by atoms with Crippen LogP contribution in [-0.2, 0) is 17.6 Å². The first-order valence-corrected chi connectivity index (χ1v) is 9.19. The molecule has 2 aromatic rings. The van der Waals surface area contributed by atoms with Gasteiger partial charge in [0.2, 0.25) is 5.91 Å². The quantitative estimate of drug-likeness (QED) is 0.660. The minimum Gasteiger partial charge on any atom is -0.371 e. The molecule has 1 atom stereocenters. The van der Waals surface area contributed by atoms with Crippen LogP contribution in [-0.4, -0.2) is 42.1 Å². The number of anilines is 1. The predicted octanol–water partition coefficient (Wildman–Crippen LogP) is 2.40. The molecule has 1 amide bonds. The summed E-state index contributed by atoms with van der Waals surface area (Å²) in [5, 5.41) is 6.32. The lowest BCUT2D eigenvalue weighted by atomic mass is 10.0. The first-order valence-electron chi connectivity index (χ1n) is 9.19. The summed E-state index contributed by atoms with van der Waals surface area (Å²) < 4.78 is 0. The van der Waals surface area contributed by atoms with Crippen LogP contribution in [0.15, 0.2) is 30.6 Å². The standard InChI is InChI=1S/C19H25N5O.2ClH/c25-19(18-17-15(8-10-20-18)22-13-23-17)21-9-4-12-24-11-3-6-14-5-1-2-7-16(14)24;;/h1-2,5,7,13,18,20H,3-4,6,8-12H2,(H,21,25)(H,22,23);2*1H. The van der Waals surface area contributed by atoms with Gasteiger partial charge in [0.15, 0.2) is 0 Å². The minimum atomic E-state index is -0.328. The lowest BCUT2D eigenvalue weighted by Crippen LogP contribution is -2.42. The first kappa shape index (κ1) is 21.5. The molecule has 1 aromatic heterocycles. The molecule has 0 aliphatic carbocycles. The molecule has 2 aliphatic heterocycles. The van der Waals surface area contributed by atoms with Crippen LogP contribution >= 0.6 is 24.8 Å². The number of benzene rings is 1. The molecule has 3 N–H and O–H groups in total. The number of para-hydroxylation sites is 1. The Labute approximate surface area is 172 Å². The van der Waals surface area contributed by atoms with E-state index in [4.69, 9.17) is 0 Å². The molecular formula is C19H27Cl2N5O. The third-order valence-electron chi connectivity index (χ3n) is 5.12. The molecule has 0 radical (unpaired) electrons. The van der Waals surface area contributed by atoms with Gasteiger partial charge in [-0.1, -0.05) is 18.2 Å². The normalized spacial score (nSPS) is 17.8. The SMILES string of the molecule is Cl.Cl.O=C(NCCCN1CCCc2ccccc21)C1NCCc2[nH]cnc21. The lowest BCUT2D eigenvalue weighted by molar-refractivity contribution is -0.123. The number of aromatic nitrogens is 2. The molecule has 4 rings (SSSR count). The van der Waals surface area contributed by atoms with Crippen molar-refractivity contribution in [1.29, 1.82) is 0 Å². The summed E-state index contributed by atoms with van der Waals surface area (Å²) in [7, 11) is 0. The first-order chi connectivity index (χ1) is 12.3. The zero-order valence-electron chi connectivity index (χ0n) is 15.2. The molecule has 0 saturated carbocycles. The second kappa shape index (κ2) is 9.97. The fourth-order valence-electron chi connectivity index (χ4n) is 3.86. The highest BCUT2D eigenvalue weighted by Crippen LogP contribution is 2.26. The average molecular weight is 412 g/mol. The second-order valence-corrected chi connectivity index (χ2v) is 6.77. The van der Waals surface area contributed by atoms with E-state index >= 15 is 0 Å². The van der Waals surface area contributed by atoms with Crippen LogP contribution in [0.1, 0.15) is 35.8 Å². The van der Waals surface area contributed by atoms with Crippen molar-refractivity contribution < 1.29 is 4.79 Å². The zero-order valence-corrected chi connectivity index (χ0v) is 16.9. The molecule has 0 bridgehead atoms. The number of hydrogen-bond donors (Lipinski definition) is 3. The Hall–Kier alpha value is -1.76. The number of fused-ring (bicyclic) bond motifs is 2. The number of imidazole rings is 1. The van der Waals surface area contributed by atoms with Gasteiger partial charge in [-0.25, -0.2) is 4.98 Å². The van der Waals surface area contributed by atoms with Gasteiger partial charge in [-0.05, 0) is 30.9 Å². The summed E-state index contributed by atoms with van der Waals surface area (Å²) >= 11 is 0. The van der Waals surface area contributed by atoms with Crippen molar-refractivity contribution in [1.82, 2.24) is 20.6 Å². The summed E-state index contributed by atoms with van der Waals surface area (Å²) in [4.78, 5) is 22.3. The van der Waals surface area contributed by atoms with Crippen molar-refractivity contribution in [2.24, 2.45) is 0 Å². The summed E-state index contributed by atoms with van der Waals surface area (Å²) in [6.07, 6.45) is 5.89. The Morgan fingerprint density at radius 2 is 2.11 bits per heavy atom. The lowest BCUT2D eigenvalue weighted by Gasteiger charge is -2.31. The minimum absolute atomic E-state index is 0. The van der Waals surface area contributed by atoms with Gasteiger partial charge in [0.05, 0.1) is 12.0 Å². The maximum absolute atomic E-state index is 12.5. The van der Waals surface area contributed by atoms with Crippen molar-refractivity contribution in [3.05, 3.63) is 47.5 Å². The highest BCUT2D eigenvalue weighted by atomic mass is 35.5. The van der Waals surface area contributed by atoms with Crippen LogP contribution in [0.5, 0.6) is 0 Å². The molecule has 3 heterocycles. The van der Waals surface area contributed by atoms with Crippen molar-refractivity contribution in [2.75, 3.05) is 31.1 Å². The van der Waals surface area contributed by atoms with Gasteiger partial charge in [-0.3, -0.25) is 4.79 Å². The summed E-state index contributed by atoms with van der Waals surface area (Å²) in [5.74, 6) is 0.0205. The van der Waals surface area contributed by atoms with E-state index in [1.54, 1.807) is 6.33 Å². The fraction of sp³-hybridized carbons (Fsp3) is 0.474. The van der Waals surface area contributed by atoms with Crippen LogP contribution in [0.25, 0.3) is 0 Å². The molecule has 27 heavy (non-hydrogen) atoms. The number of hydrogen-bond acceptors (Lipinski definition) is 4. The van der Waals surface area contributed by atoms with E-state index in [0.717, 1.165) is 43.9 Å². The number of aromatic amines is 1. The number of halogens is 2. The largest absolute Gasteiger partial charge is 0.371 e. The van der Waals surface area contributed by atoms with Crippen LogP contribution in [0.4, 0.5) is 5.69 Å². The molecule has 0 saturated heterocycles. The molecule has 8 heteroatoms. The molecule has 148 valence electrons. The van der Waals surface area contributed by atoms with E-state index in [9.17, 15) is 4.79 Å². The van der Waals surface area contributed by atoms with E-state index in [1.807, 2.05) is 0 Å². The Morgan fingerprint density at radius 1 is 1.26 bits per heavy atom. The Balaban J connectivity index is 0.00000131. The van der Waals surface area contributed by atoms with Gasteiger partial charge >= 0.3 is 0 Å². The van der Waals surface area contributed by atoms with Crippen molar-refractivity contribution in [2.45, 2.75) is 31.7 Å². The number of nitrogens with one attached hydrogen (secondary N) is 3. The third-order valence-corrected chi connectivity index (χ3v) is 5.12. The van der Waals surface area contributed by atoms with Crippen LogP contribution in [0, 0.1) is 0 Å². The smallest absolute Gasteiger partial charge is 0.243 e. The Kier molecular flexibility index (Phi) is 7.95. The zero-order chi connectivity index (χ0) is 17.1. The number of rotatable bonds is 5. The fourth-order valence-corrected chi connectivity index (χ4v) is 3.86. The van der Waals surface area contributed by atoms with Crippen molar-refractivity contribution >= 4 is 36.4 Å². The van der Waals surface area contributed by atoms with Crippen molar-refractivity contribution in [3.63, 3.8) is 0 Å². The maximum atomic E-state index is 12.5. The van der Waals surface area contributed by atoms with Gasteiger partial charge in [0, 0.05) is 44.0 Å². The van der Waals surface area contributed by atoms with Gasteiger partial charge in [-0.2, -0.15) is 0 Å². The molecule has 2 aliphatic rings. The predicted molar refractivity (Wildman–Crippen MR) is 112 cm³/mol. The monoisotopic (exact) mass is 411 g/mol. The Morgan fingerprint density at radius 3 is 3.00 bits per heavy atom. The molecular weight excluding hydrogens is 385 g/mol. The van der Waals surface area contributed by atoms with Gasteiger partial charge in [0.1, 0.15) is 6.04 Å². The van der Waals surface area contributed by atoms with Crippen LogP contribution in [0.3, 0.4) is 0 Å². The van der Waals surface area contributed by atoms with E-state index in [-0.39, 0.29) is 36.8 Å². The Bertz CT molecular complexity index is 751. The van der Waals surface area contributed by atoms with Crippen LogP contribution < -0.4 is 15.5 Å². The van der Waals surface area contributed by atoms with Crippen molar-refractivity contribution in [3.8, 4) is 0 Å². The second-order valence-electron chi connectivity index (χ2n) is 6.77. The summed E-state index contributed by atoms with van der Waals surface area (Å²) in [6.45, 7) is 3.57. The highest BCUT2D eigenvalue weighted by molar-refractivity contribution is 5.85. The van der Waals surface area contributed by atoms with E-state index in [0.29, 0.717) is 6.54 Å². The van der Waals surface area contributed by atoms with E-state index in [1.165, 1.54) is 24.1 Å². The number of H-pyrrole nitrogens is 1. The molecule has 6 nitrogen and oxygen atoms in total. The molecule has 1 aromatic carbocycles. The number of carbonyl (C=O) groups is 1. The number of nitrogens with zero attached hydrogens (tertiary/aromatic N) is 2. The highest BCUT2D eigenvalue weighted by Gasteiger charge is 2.28. The number of amides is 1. The third kappa shape index (κ3) is 4.75. The van der Waals surface area contributed by atoms with Crippen LogP contribution in [0.2, 0.25) is 0 Å². The summed E-state index contributed by atoms with van der Waals surface area (Å²) in [5.41, 5.74) is 4.71. The number of carbonyl (C=O) groups excluding carboxylic acids is 1. The van der Waals surface area contributed by atoms with Gasteiger partial charge in [0.25, 0.3) is 0 Å². The molecule has 0 fully saturated rings. The maximum Gasteiger partial charge on any atom is 0.243 e.